The van der Waals surface area contributed by atoms with E-state index in [2.05, 4.69) is 74.2 Å². The molecule has 0 saturated carbocycles. The third-order valence-corrected chi connectivity index (χ3v) is 3.03. The van der Waals surface area contributed by atoms with E-state index < -0.39 is 0 Å². The van der Waals surface area contributed by atoms with Crippen LogP contribution in [-0.2, 0) is 0 Å². The van der Waals surface area contributed by atoms with Crippen LogP contribution in [0.4, 0.5) is 0 Å². The molecule has 0 bridgehead atoms. The van der Waals surface area contributed by atoms with E-state index in [1.807, 2.05) is 18.2 Å². The van der Waals surface area contributed by atoms with Crippen LogP contribution in [0.3, 0.4) is 0 Å². The average Bonchev–Trinajstić information content (AvgIpc) is 2.49. The first-order valence-corrected chi connectivity index (χ1v) is 6.47. The van der Waals surface area contributed by atoms with Gasteiger partial charge in [0.1, 0.15) is 0 Å². The molecule has 0 aromatic heterocycles. The van der Waals surface area contributed by atoms with Crippen molar-refractivity contribution in [3.63, 3.8) is 0 Å². The van der Waals surface area contributed by atoms with Gasteiger partial charge >= 0.3 is 0 Å². The summed E-state index contributed by atoms with van der Waals surface area (Å²) in [6, 6.07) is 20.8. The topological polar surface area (TPSA) is 0 Å². The van der Waals surface area contributed by atoms with Crippen LogP contribution in [0.2, 0.25) is 0 Å². The molecule has 0 nitrogen and oxygen atoms in total. The lowest BCUT2D eigenvalue weighted by molar-refractivity contribution is 1.56. The van der Waals surface area contributed by atoms with Crippen LogP contribution in [0.5, 0.6) is 0 Å². The first-order chi connectivity index (χ1) is 9.36. The smallest absolute Gasteiger partial charge is 0.0109 e. The quantitative estimate of drug-likeness (QED) is 0.637. The predicted molar refractivity (Wildman–Crippen MR) is 84.7 cm³/mol. The molecule has 19 heavy (non-hydrogen) atoms. The third kappa shape index (κ3) is 3.11. The SMILES string of the molecule is C=C/C=C(\C(=C/C)c1ccccc1)c1ccccc1. The largest absolute Gasteiger partial charge is 0.0990 e. The maximum absolute atomic E-state index is 3.83. The van der Waals surface area contributed by atoms with Gasteiger partial charge in [-0.2, -0.15) is 0 Å². The van der Waals surface area contributed by atoms with E-state index >= 15 is 0 Å². The predicted octanol–water partition coefficient (Wildman–Crippen LogP) is 5.36. The monoisotopic (exact) mass is 246 g/mol. The minimum Gasteiger partial charge on any atom is -0.0990 e. The zero-order valence-corrected chi connectivity index (χ0v) is 11.2. The number of allylic oxidation sites excluding steroid dienone is 5. The highest BCUT2D eigenvalue weighted by atomic mass is 14.1. The van der Waals surface area contributed by atoms with Crippen molar-refractivity contribution in [3.8, 4) is 0 Å². The van der Waals surface area contributed by atoms with Crippen LogP contribution >= 0.6 is 0 Å². The van der Waals surface area contributed by atoms with Crippen LogP contribution < -0.4 is 0 Å². The standard InChI is InChI=1S/C19H18/c1-3-11-19(17-14-9-6-10-15-17)18(4-2)16-12-7-5-8-13-16/h3-15H,1H2,2H3/b18-4-,19-11-. The summed E-state index contributed by atoms with van der Waals surface area (Å²) >= 11 is 0. The second-order valence-electron chi connectivity index (χ2n) is 4.25. The maximum atomic E-state index is 3.83. The van der Waals surface area contributed by atoms with Crippen molar-refractivity contribution in [1.82, 2.24) is 0 Å². The molecular formula is C19H18. The molecule has 0 saturated heterocycles. The van der Waals surface area contributed by atoms with E-state index in [1.165, 1.54) is 22.3 Å². The zero-order chi connectivity index (χ0) is 13.5. The summed E-state index contributed by atoms with van der Waals surface area (Å²) in [5, 5.41) is 0. The summed E-state index contributed by atoms with van der Waals surface area (Å²) in [5.74, 6) is 0. The van der Waals surface area contributed by atoms with Crippen molar-refractivity contribution in [1.29, 1.82) is 0 Å². The van der Waals surface area contributed by atoms with Crippen molar-refractivity contribution >= 4 is 11.1 Å². The van der Waals surface area contributed by atoms with Gasteiger partial charge in [-0.1, -0.05) is 85.5 Å². The molecule has 0 atom stereocenters. The fourth-order valence-corrected chi connectivity index (χ4v) is 2.17. The third-order valence-electron chi connectivity index (χ3n) is 3.03. The normalized spacial score (nSPS) is 12.3. The molecule has 2 aromatic carbocycles. The van der Waals surface area contributed by atoms with Crippen LogP contribution in [0.1, 0.15) is 18.1 Å². The Morgan fingerprint density at radius 3 is 1.68 bits per heavy atom. The Kier molecular flexibility index (Phi) is 4.52. The van der Waals surface area contributed by atoms with Gasteiger partial charge in [-0.3, -0.25) is 0 Å². The lowest BCUT2D eigenvalue weighted by Gasteiger charge is -2.12. The molecule has 0 aliphatic rings. The number of benzene rings is 2. The Morgan fingerprint density at radius 1 is 0.789 bits per heavy atom. The Hall–Kier alpha value is -2.34. The van der Waals surface area contributed by atoms with E-state index in [0.717, 1.165) is 0 Å². The van der Waals surface area contributed by atoms with E-state index in [0.29, 0.717) is 0 Å². The number of hydrogen-bond acceptors (Lipinski definition) is 0. The van der Waals surface area contributed by atoms with Gasteiger partial charge in [0.2, 0.25) is 0 Å². The molecule has 2 rings (SSSR count). The fourth-order valence-electron chi connectivity index (χ4n) is 2.17. The minimum absolute atomic E-state index is 1.20. The molecule has 0 N–H and O–H groups in total. The van der Waals surface area contributed by atoms with E-state index in [4.69, 9.17) is 0 Å². The van der Waals surface area contributed by atoms with Crippen LogP contribution in [0, 0.1) is 0 Å². The Balaban J connectivity index is 2.51. The van der Waals surface area contributed by atoms with Gasteiger partial charge in [0.25, 0.3) is 0 Å². The van der Waals surface area contributed by atoms with Crippen LogP contribution in [-0.4, -0.2) is 0 Å². The molecular weight excluding hydrogens is 228 g/mol. The van der Waals surface area contributed by atoms with Crippen LogP contribution in [0.25, 0.3) is 11.1 Å². The van der Waals surface area contributed by atoms with Gasteiger partial charge in [-0.15, -0.1) is 0 Å². The Labute approximate surface area is 115 Å². The first-order valence-electron chi connectivity index (χ1n) is 6.47. The average molecular weight is 246 g/mol. The van der Waals surface area contributed by atoms with E-state index in [9.17, 15) is 0 Å². The maximum Gasteiger partial charge on any atom is -0.0109 e. The van der Waals surface area contributed by atoms with Crippen molar-refractivity contribution in [3.05, 3.63) is 96.6 Å². The molecule has 0 spiro atoms. The summed E-state index contributed by atoms with van der Waals surface area (Å²) in [6.45, 7) is 5.90. The highest BCUT2D eigenvalue weighted by Gasteiger charge is 2.08. The van der Waals surface area contributed by atoms with Gasteiger partial charge in [-0.25, -0.2) is 0 Å². The second kappa shape index (κ2) is 6.55. The molecule has 0 aliphatic heterocycles. The fraction of sp³-hybridized carbons (Fsp3) is 0.0526. The first kappa shape index (κ1) is 13.1. The Bertz CT molecular complexity index is 586. The van der Waals surface area contributed by atoms with Gasteiger partial charge in [-0.05, 0) is 29.2 Å². The van der Waals surface area contributed by atoms with Crippen LogP contribution in [0.15, 0.2) is 85.5 Å². The van der Waals surface area contributed by atoms with Gasteiger partial charge in [0.15, 0.2) is 0 Å². The van der Waals surface area contributed by atoms with Crippen molar-refractivity contribution in [2.75, 3.05) is 0 Å². The molecule has 0 aliphatic carbocycles. The van der Waals surface area contributed by atoms with Crippen molar-refractivity contribution in [2.45, 2.75) is 6.92 Å². The van der Waals surface area contributed by atoms with Gasteiger partial charge < -0.3 is 0 Å². The molecule has 0 fully saturated rings. The van der Waals surface area contributed by atoms with Gasteiger partial charge in [0, 0.05) is 0 Å². The molecule has 94 valence electrons. The lowest BCUT2D eigenvalue weighted by Crippen LogP contribution is -1.90. The molecule has 0 heteroatoms. The summed E-state index contributed by atoms with van der Waals surface area (Å²) in [5.41, 5.74) is 4.86. The lowest BCUT2D eigenvalue weighted by atomic mass is 9.92. The van der Waals surface area contributed by atoms with E-state index in [1.54, 1.807) is 0 Å². The highest BCUT2D eigenvalue weighted by Crippen LogP contribution is 2.30. The summed E-state index contributed by atoms with van der Waals surface area (Å²) < 4.78 is 0. The number of rotatable bonds is 4. The molecule has 0 radical (unpaired) electrons. The number of hydrogen-bond donors (Lipinski definition) is 0. The molecule has 0 amide bonds. The second-order valence-corrected chi connectivity index (χ2v) is 4.25. The Morgan fingerprint density at radius 2 is 1.26 bits per heavy atom. The van der Waals surface area contributed by atoms with E-state index in [-0.39, 0.29) is 0 Å². The summed E-state index contributed by atoms with van der Waals surface area (Å²) in [7, 11) is 0. The molecule has 0 unspecified atom stereocenters. The minimum atomic E-state index is 1.20. The summed E-state index contributed by atoms with van der Waals surface area (Å²) in [6.07, 6.45) is 6.06. The molecule has 2 aromatic rings. The summed E-state index contributed by atoms with van der Waals surface area (Å²) in [4.78, 5) is 0. The van der Waals surface area contributed by atoms with Crippen molar-refractivity contribution in [2.24, 2.45) is 0 Å². The van der Waals surface area contributed by atoms with Crippen molar-refractivity contribution < 1.29 is 0 Å². The highest BCUT2D eigenvalue weighted by molar-refractivity contribution is 6.05. The zero-order valence-electron chi connectivity index (χ0n) is 11.2. The molecule has 0 heterocycles. The van der Waals surface area contributed by atoms with Gasteiger partial charge in [0.05, 0.1) is 0 Å².